The number of ether oxygens (including phenoxy) is 1. The van der Waals surface area contributed by atoms with E-state index in [4.69, 9.17) is 4.74 Å². The molecule has 33 heavy (non-hydrogen) atoms. The van der Waals surface area contributed by atoms with Crippen LogP contribution in [-0.4, -0.2) is 35.2 Å². The second-order valence-electron chi connectivity index (χ2n) is 7.79. The first-order valence-electron chi connectivity index (χ1n) is 10.5. The van der Waals surface area contributed by atoms with Gasteiger partial charge >= 0.3 is 0 Å². The van der Waals surface area contributed by atoms with Crippen LogP contribution in [0.1, 0.15) is 28.2 Å². The predicted octanol–water partition coefficient (Wildman–Crippen LogP) is 4.92. The third-order valence-electron chi connectivity index (χ3n) is 5.64. The number of anilines is 2. The number of hydrogen-bond donors (Lipinski definition) is 1. The summed E-state index contributed by atoms with van der Waals surface area (Å²) in [5, 5.41) is 8.31. The molecule has 1 N–H and O–H groups in total. The van der Waals surface area contributed by atoms with Gasteiger partial charge in [0.1, 0.15) is 16.4 Å². The van der Waals surface area contributed by atoms with Gasteiger partial charge < -0.3 is 15.0 Å². The Balaban J connectivity index is 1.42. The Bertz CT molecular complexity index is 1380. The monoisotopic (exact) mass is 464 g/mol. The summed E-state index contributed by atoms with van der Waals surface area (Å²) in [6.45, 7) is 2.53. The number of aromatic nitrogens is 2. The molecule has 3 heterocycles. The predicted molar refractivity (Wildman–Crippen MR) is 126 cm³/mol. The van der Waals surface area contributed by atoms with Gasteiger partial charge in [-0.15, -0.1) is 11.3 Å². The van der Waals surface area contributed by atoms with Gasteiger partial charge in [-0.2, -0.15) is 5.10 Å². The fourth-order valence-corrected chi connectivity index (χ4v) is 5.07. The fraction of sp³-hybridized carbons (Fsp3) is 0.208. The summed E-state index contributed by atoms with van der Waals surface area (Å²) >= 11 is 1.32. The number of aryl methyl sites for hydroxylation is 1. The third kappa shape index (κ3) is 3.84. The van der Waals surface area contributed by atoms with Crippen molar-refractivity contribution in [1.29, 1.82) is 0 Å². The van der Waals surface area contributed by atoms with Crippen molar-refractivity contribution in [3.8, 4) is 11.4 Å². The SMILES string of the molecule is COc1cc(NC(=O)c2cc3c(C)nn(-c4ccc(F)cc4)c3s2)ccc1N1CCCC1=O. The highest BCUT2D eigenvalue weighted by Crippen LogP contribution is 2.35. The van der Waals surface area contributed by atoms with Crippen molar-refractivity contribution in [3.63, 3.8) is 0 Å². The van der Waals surface area contributed by atoms with Gasteiger partial charge in [-0.05, 0) is 55.8 Å². The minimum absolute atomic E-state index is 0.0703. The van der Waals surface area contributed by atoms with Crippen molar-refractivity contribution in [3.05, 3.63) is 64.9 Å². The van der Waals surface area contributed by atoms with Crippen molar-refractivity contribution in [2.75, 3.05) is 23.9 Å². The molecule has 0 saturated carbocycles. The molecule has 0 unspecified atom stereocenters. The van der Waals surface area contributed by atoms with Gasteiger partial charge in [-0.1, -0.05) is 0 Å². The average Bonchev–Trinajstić information content (AvgIpc) is 3.51. The summed E-state index contributed by atoms with van der Waals surface area (Å²) in [7, 11) is 1.54. The molecular weight excluding hydrogens is 443 g/mol. The van der Waals surface area contributed by atoms with E-state index in [1.54, 1.807) is 47.0 Å². The van der Waals surface area contributed by atoms with Crippen molar-refractivity contribution >= 4 is 44.7 Å². The van der Waals surface area contributed by atoms with Crippen LogP contribution in [0.25, 0.3) is 15.9 Å². The van der Waals surface area contributed by atoms with E-state index in [1.165, 1.54) is 23.5 Å². The van der Waals surface area contributed by atoms with Crippen molar-refractivity contribution in [2.24, 2.45) is 0 Å². The van der Waals surface area contributed by atoms with Gasteiger partial charge in [0.25, 0.3) is 5.91 Å². The van der Waals surface area contributed by atoms with E-state index in [1.807, 2.05) is 13.0 Å². The molecule has 0 radical (unpaired) electrons. The van der Waals surface area contributed by atoms with Crippen molar-refractivity contribution < 1.29 is 18.7 Å². The first-order chi connectivity index (χ1) is 15.9. The molecule has 4 aromatic rings. The van der Waals surface area contributed by atoms with Crippen LogP contribution in [0.2, 0.25) is 0 Å². The molecule has 1 aliphatic rings. The largest absolute Gasteiger partial charge is 0.494 e. The zero-order valence-electron chi connectivity index (χ0n) is 18.1. The second-order valence-corrected chi connectivity index (χ2v) is 8.82. The number of benzene rings is 2. The normalized spacial score (nSPS) is 13.7. The number of amides is 2. The van der Waals surface area contributed by atoms with Crippen LogP contribution >= 0.6 is 11.3 Å². The molecule has 0 bridgehead atoms. The molecule has 2 aromatic heterocycles. The van der Waals surface area contributed by atoms with Gasteiger partial charge in [-0.25, -0.2) is 9.07 Å². The standard InChI is InChI=1S/C24H21FN4O3S/c1-14-18-13-21(33-24(18)29(27-14)17-8-5-15(25)6-9-17)23(31)26-16-7-10-19(20(12-16)32-2)28-11-3-4-22(28)30/h5-10,12-13H,3-4,11H2,1-2H3,(H,26,31). The summed E-state index contributed by atoms with van der Waals surface area (Å²) in [6, 6.07) is 13.2. The first kappa shape index (κ1) is 21.1. The van der Waals surface area contributed by atoms with Gasteiger partial charge in [0.05, 0.1) is 29.1 Å². The summed E-state index contributed by atoms with van der Waals surface area (Å²) in [4.78, 5) is 28.1. The molecule has 2 aromatic carbocycles. The number of halogens is 1. The number of methoxy groups -OCH3 is 1. The molecule has 1 fully saturated rings. The summed E-state index contributed by atoms with van der Waals surface area (Å²) in [5.41, 5.74) is 2.78. The minimum atomic E-state index is -0.319. The van der Waals surface area contributed by atoms with E-state index < -0.39 is 0 Å². The molecule has 0 spiro atoms. The van der Waals surface area contributed by atoms with Crippen LogP contribution in [-0.2, 0) is 4.79 Å². The minimum Gasteiger partial charge on any atom is -0.494 e. The Morgan fingerprint density at radius 2 is 1.97 bits per heavy atom. The highest BCUT2D eigenvalue weighted by Gasteiger charge is 2.25. The van der Waals surface area contributed by atoms with Crippen LogP contribution in [0.3, 0.4) is 0 Å². The number of nitrogens with one attached hydrogen (secondary N) is 1. The van der Waals surface area contributed by atoms with Crippen LogP contribution in [0.4, 0.5) is 15.8 Å². The first-order valence-corrected chi connectivity index (χ1v) is 11.3. The highest BCUT2D eigenvalue weighted by atomic mass is 32.1. The van der Waals surface area contributed by atoms with Gasteiger partial charge in [0.2, 0.25) is 5.91 Å². The smallest absolute Gasteiger partial charge is 0.265 e. The molecule has 168 valence electrons. The van der Waals surface area contributed by atoms with E-state index >= 15 is 0 Å². The molecule has 9 heteroatoms. The Labute approximate surface area is 193 Å². The van der Waals surface area contributed by atoms with E-state index in [-0.39, 0.29) is 17.6 Å². The number of hydrogen-bond acceptors (Lipinski definition) is 5. The van der Waals surface area contributed by atoms with Crippen LogP contribution in [0, 0.1) is 12.7 Å². The summed E-state index contributed by atoms with van der Waals surface area (Å²) in [6.07, 6.45) is 1.35. The number of carbonyl (C=O) groups excluding carboxylic acids is 2. The molecule has 0 aliphatic carbocycles. The highest BCUT2D eigenvalue weighted by molar-refractivity contribution is 7.20. The lowest BCUT2D eigenvalue weighted by atomic mass is 10.2. The summed E-state index contributed by atoms with van der Waals surface area (Å²) < 4.78 is 20.5. The van der Waals surface area contributed by atoms with Crippen LogP contribution in [0.5, 0.6) is 5.75 Å². The van der Waals surface area contributed by atoms with Crippen molar-refractivity contribution in [1.82, 2.24) is 9.78 Å². The zero-order valence-corrected chi connectivity index (χ0v) is 18.9. The maximum Gasteiger partial charge on any atom is 0.265 e. The lowest BCUT2D eigenvalue weighted by Gasteiger charge is -2.19. The average molecular weight is 465 g/mol. The molecule has 1 aliphatic heterocycles. The Morgan fingerprint density at radius 1 is 1.18 bits per heavy atom. The topological polar surface area (TPSA) is 76.5 Å². The Morgan fingerprint density at radius 3 is 2.67 bits per heavy atom. The van der Waals surface area contributed by atoms with E-state index in [2.05, 4.69) is 10.4 Å². The molecule has 2 amide bonds. The van der Waals surface area contributed by atoms with Crippen molar-refractivity contribution in [2.45, 2.75) is 19.8 Å². The number of fused-ring (bicyclic) bond motifs is 1. The molecule has 1 saturated heterocycles. The van der Waals surface area contributed by atoms with Crippen LogP contribution in [0.15, 0.2) is 48.5 Å². The molecule has 0 atom stereocenters. The van der Waals surface area contributed by atoms with E-state index in [0.717, 1.165) is 28.0 Å². The van der Waals surface area contributed by atoms with E-state index in [0.29, 0.717) is 35.0 Å². The lowest BCUT2D eigenvalue weighted by Crippen LogP contribution is -2.24. The lowest BCUT2D eigenvalue weighted by molar-refractivity contribution is -0.117. The van der Waals surface area contributed by atoms with Crippen LogP contribution < -0.4 is 15.0 Å². The van der Waals surface area contributed by atoms with Gasteiger partial charge in [0.15, 0.2) is 0 Å². The molecule has 5 rings (SSSR count). The second kappa shape index (κ2) is 8.32. The number of nitrogens with zero attached hydrogens (tertiary/aromatic N) is 3. The maximum atomic E-state index is 13.3. The number of thiophene rings is 1. The third-order valence-corrected chi connectivity index (χ3v) is 6.75. The maximum absolute atomic E-state index is 13.3. The fourth-order valence-electron chi connectivity index (χ4n) is 3.99. The number of rotatable bonds is 5. The molecular formula is C24H21FN4O3S. The van der Waals surface area contributed by atoms with Gasteiger partial charge in [0, 0.05) is 30.1 Å². The molecule has 7 nitrogen and oxygen atoms in total. The Hall–Kier alpha value is -3.72. The zero-order chi connectivity index (χ0) is 23.1. The summed E-state index contributed by atoms with van der Waals surface area (Å²) in [5.74, 6) is 0.0251. The Kier molecular flexibility index (Phi) is 5.33. The number of carbonyl (C=O) groups is 2. The van der Waals surface area contributed by atoms with Gasteiger partial charge in [-0.3, -0.25) is 9.59 Å². The quantitative estimate of drug-likeness (QED) is 0.455. The van der Waals surface area contributed by atoms with E-state index in [9.17, 15) is 14.0 Å².